The summed E-state index contributed by atoms with van der Waals surface area (Å²) in [6.07, 6.45) is 2.02. The molecule has 0 saturated carbocycles. The van der Waals surface area contributed by atoms with Crippen LogP contribution in [0.2, 0.25) is 0 Å². The quantitative estimate of drug-likeness (QED) is 0.458. The van der Waals surface area contributed by atoms with E-state index in [1.165, 1.54) is 12.1 Å². The van der Waals surface area contributed by atoms with Crippen molar-refractivity contribution < 1.29 is 9.72 Å². The summed E-state index contributed by atoms with van der Waals surface area (Å²) in [5.74, 6) is 1.07. The lowest BCUT2D eigenvalue weighted by Gasteiger charge is -2.11. The van der Waals surface area contributed by atoms with Crippen molar-refractivity contribution in [2.75, 3.05) is 18.6 Å². The van der Waals surface area contributed by atoms with Gasteiger partial charge in [-0.15, -0.1) is 0 Å². The molecule has 104 valence electrons. The number of halogens is 1. The summed E-state index contributed by atoms with van der Waals surface area (Å²) in [6.45, 7) is 2.62. The second kappa shape index (κ2) is 7.68. The number of nitro benzene ring substituents is 1. The van der Waals surface area contributed by atoms with Gasteiger partial charge in [0.15, 0.2) is 0 Å². The summed E-state index contributed by atoms with van der Waals surface area (Å²) < 4.78 is 0.707. The summed E-state index contributed by atoms with van der Waals surface area (Å²) in [4.78, 5) is 22.2. The van der Waals surface area contributed by atoms with E-state index in [2.05, 4.69) is 12.2 Å². The monoisotopic (exact) mass is 394 g/mol. The number of non-ortho nitro benzene ring substituents is 1. The number of thioether (sulfide) groups is 1. The molecule has 1 atom stereocenters. The van der Waals surface area contributed by atoms with Crippen LogP contribution in [0.5, 0.6) is 0 Å². The summed E-state index contributed by atoms with van der Waals surface area (Å²) in [6, 6.07) is 4.30. The van der Waals surface area contributed by atoms with Crippen LogP contribution < -0.4 is 5.32 Å². The van der Waals surface area contributed by atoms with Crippen LogP contribution in [0.25, 0.3) is 0 Å². The van der Waals surface area contributed by atoms with Crippen molar-refractivity contribution in [3.63, 3.8) is 0 Å². The molecular weight excluding hydrogens is 379 g/mol. The van der Waals surface area contributed by atoms with Crippen LogP contribution >= 0.6 is 34.4 Å². The Bertz CT molecular complexity index is 482. The Morgan fingerprint density at radius 2 is 2.26 bits per heavy atom. The Hall–Kier alpha value is -0.830. The van der Waals surface area contributed by atoms with Gasteiger partial charge in [-0.05, 0) is 46.6 Å². The number of benzene rings is 1. The van der Waals surface area contributed by atoms with Crippen LogP contribution in [-0.2, 0) is 0 Å². The molecule has 1 unspecified atom stereocenters. The molecule has 0 spiro atoms. The Morgan fingerprint density at radius 3 is 2.84 bits per heavy atom. The van der Waals surface area contributed by atoms with Crippen molar-refractivity contribution in [1.82, 2.24) is 5.32 Å². The molecular formula is C12H15IN2O3S. The lowest BCUT2D eigenvalue weighted by molar-refractivity contribution is -0.384. The van der Waals surface area contributed by atoms with Crippen LogP contribution in [0, 0.1) is 19.6 Å². The predicted molar refractivity (Wildman–Crippen MR) is 85.7 cm³/mol. The van der Waals surface area contributed by atoms with E-state index in [0.717, 1.165) is 5.75 Å². The van der Waals surface area contributed by atoms with Crippen molar-refractivity contribution in [1.29, 1.82) is 0 Å². The second-order valence-corrected chi connectivity index (χ2v) is 6.26. The molecule has 0 aliphatic rings. The standard InChI is InChI=1S/C12H15IN2O3S/c1-8(7-19-2)6-14-12(16)10-5-9(15(17)18)3-4-11(10)13/h3-5,8H,6-7H2,1-2H3,(H,14,16). The number of nitro groups is 1. The first-order valence-corrected chi connectivity index (χ1v) is 8.14. The maximum absolute atomic E-state index is 12.0. The van der Waals surface area contributed by atoms with E-state index in [4.69, 9.17) is 0 Å². The highest BCUT2D eigenvalue weighted by molar-refractivity contribution is 14.1. The van der Waals surface area contributed by atoms with Gasteiger partial charge in [0.25, 0.3) is 11.6 Å². The van der Waals surface area contributed by atoms with Crippen molar-refractivity contribution in [2.24, 2.45) is 5.92 Å². The molecule has 1 rings (SSSR count). The minimum Gasteiger partial charge on any atom is -0.352 e. The van der Waals surface area contributed by atoms with Gasteiger partial charge in [-0.2, -0.15) is 11.8 Å². The van der Waals surface area contributed by atoms with Crippen LogP contribution in [-0.4, -0.2) is 29.4 Å². The first-order chi connectivity index (χ1) is 8.95. The van der Waals surface area contributed by atoms with Crippen molar-refractivity contribution in [3.05, 3.63) is 37.4 Å². The van der Waals surface area contributed by atoms with Crippen molar-refractivity contribution >= 4 is 45.9 Å². The Kier molecular flexibility index (Phi) is 6.56. The fourth-order valence-corrected chi connectivity index (χ4v) is 2.77. The highest BCUT2D eigenvalue weighted by atomic mass is 127. The molecule has 1 aromatic carbocycles. The third-order valence-corrected chi connectivity index (χ3v) is 4.31. The molecule has 1 N–H and O–H groups in total. The zero-order chi connectivity index (χ0) is 14.4. The number of carbonyl (C=O) groups excluding carboxylic acids is 1. The molecule has 7 heteroatoms. The minimum atomic E-state index is -0.497. The highest BCUT2D eigenvalue weighted by Gasteiger charge is 2.15. The van der Waals surface area contributed by atoms with Crippen molar-refractivity contribution in [3.8, 4) is 0 Å². The molecule has 5 nitrogen and oxygen atoms in total. The lowest BCUT2D eigenvalue weighted by Crippen LogP contribution is -2.29. The molecule has 0 fully saturated rings. The molecule has 1 aromatic rings. The van der Waals surface area contributed by atoms with E-state index >= 15 is 0 Å². The molecule has 0 aliphatic heterocycles. The molecule has 0 aliphatic carbocycles. The average molecular weight is 394 g/mol. The Labute approximate surface area is 129 Å². The van der Waals surface area contributed by atoms with Crippen LogP contribution in [0.15, 0.2) is 18.2 Å². The number of nitrogens with zero attached hydrogens (tertiary/aromatic N) is 1. The van der Waals surface area contributed by atoms with Crippen LogP contribution in [0.3, 0.4) is 0 Å². The van der Waals surface area contributed by atoms with Crippen molar-refractivity contribution in [2.45, 2.75) is 6.92 Å². The molecule has 0 radical (unpaired) electrons. The SMILES string of the molecule is CSCC(C)CNC(=O)c1cc([N+](=O)[O-])ccc1I. The molecule has 0 heterocycles. The third-order valence-electron chi connectivity index (χ3n) is 2.47. The first-order valence-electron chi connectivity index (χ1n) is 5.66. The minimum absolute atomic E-state index is 0.0669. The average Bonchev–Trinajstić information content (AvgIpc) is 2.36. The number of hydrogen-bond donors (Lipinski definition) is 1. The first kappa shape index (κ1) is 16.2. The van der Waals surface area contributed by atoms with E-state index in [-0.39, 0.29) is 11.6 Å². The molecule has 0 saturated heterocycles. The van der Waals surface area contributed by atoms with Gasteiger partial charge in [-0.3, -0.25) is 14.9 Å². The number of hydrogen-bond acceptors (Lipinski definition) is 4. The predicted octanol–water partition coefficient (Wildman–Crippen LogP) is 2.93. The molecule has 19 heavy (non-hydrogen) atoms. The smallest absolute Gasteiger partial charge is 0.270 e. The number of carbonyl (C=O) groups is 1. The fraction of sp³-hybridized carbons (Fsp3) is 0.417. The molecule has 0 aromatic heterocycles. The number of nitrogens with one attached hydrogen (secondary N) is 1. The Morgan fingerprint density at radius 1 is 1.58 bits per heavy atom. The van der Waals surface area contributed by atoms with Gasteiger partial charge in [0.2, 0.25) is 0 Å². The van der Waals surface area contributed by atoms with Gasteiger partial charge in [-0.25, -0.2) is 0 Å². The topological polar surface area (TPSA) is 72.2 Å². The van der Waals surface area contributed by atoms with Gasteiger partial charge >= 0.3 is 0 Å². The van der Waals surface area contributed by atoms with Crippen LogP contribution in [0.4, 0.5) is 5.69 Å². The fourth-order valence-electron chi connectivity index (χ4n) is 1.51. The lowest BCUT2D eigenvalue weighted by atomic mass is 10.1. The Balaban J connectivity index is 2.76. The van der Waals surface area contributed by atoms with E-state index in [0.29, 0.717) is 21.6 Å². The van der Waals surface area contributed by atoms with Gasteiger partial charge < -0.3 is 5.32 Å². The van der Waals surface area contributed by atoms with E-state index in [1.54, 1.807) is 17.8 Å². The number of rotatable bonds is 6. The summed E-state index contributed by atoms with van der Waals surface area (Å²) in [5.41, 5.74) is 0.286. The summed E-state index contributed by atoms with van der Waals surface area (Å²) in [5, 5.41) is 13.5. The maximum atomic E-state index is 12.0. The number of amides is 1. The molecule has 1 amide bonds. The van der Waals surface area contributed by atoms with E-state index in [1.807, 2.05) is 28.8 Å². The van der Waals surface area contributed by atoms with E-state index in [9.17, 15) is 14.9 Å². The molecule has 0 bridgehead atoms. The summed E-state index contributed by atoms with van der Waals surface area (Å²) in [7, 11) is 0. The van der Waals surface area contributed by atoms with Gasteiger partial charge in [0.1, 0.15) is 0 Å². The maximum Gasteiger partial charge on any atom is 0.270 e. The van der Waals surface area contributed by atoms with Crippen LogP contribution in [0.1, 0.15) is 17.3 Å². The second-order valence-electron chi connectivity index (χ2n) is 4.19. The van der Waals surface area contributed by atoms with Gasteiger partial charge in [0, 0.05) is 22.2 Å². The zero-order valence-corrected chi connectivity index (χ0v) is 13.7. The zero-order valence-electron chi connectivity index (χ0n) is 10.7. The van der Waals surface area contributed by atoms with Gasteiger partial charge in [-0.1, -0.05) is 6.92 Å². The third kappa shape index (κ3) is 4.98. The van der Waals surface area contributed by atoms with Gasteiger partial charge in [0.05, 0.1) is 10.5 Å². The normalized spacial score (nSPS) is 11.9. The summed E-state index contributed by atoms with van der Waals surface area (Å²) >= 11 is 3.73. The largest absolute Gasteiger partial charge is 0.352 e. The van der Waals surface area contributed by atoms with E-state index < -0.39 is 4.92 Å². The highest BCUT2D eigenvalue weighted by Crippen LogP contribution is 2.19.